The van der Waals surface area contributed by atoms with Crippen molar-refractivity contribution in [2.24, 2.45) is 0 Å². The molecule has 3 aromatic rings. The maximum absolute atomic E-state index is 13.0. The lowest BCUT2D eigenvalue weighted by molar-refractivity contribution is -0.121. The maximum atomic E-state index is 13.0. The molecule has 0 radical (unpaired) electrons. The molecular formula is C20H18FN3O4. The van der Waals surface area contributed by atoms with Gasteiger partial charge in [0, 0.05) is 24.0 Å². The number of aromatic nitrogens is 2. The molecule has 28 heavy (non-hydrogen) atoms. The summed E-state index contributed by atoms with van der Waals surface area (Å²) < 4.78 is 23.1. The lowest BCUT2D eigenvalue weighted by atomic mass is 10.1. The fraction of sp³-hybridized carbons (Fsp3) is 0.200. The summed E-state index contributed by atoms with van der Waals surface area (Å²) in [6, 6.07) is 12.4. The summed E-state index contributed by atoms with van der Waals surface area (Å²) in [6.07, 6.45) is 0.110. The second kappa shape index (κ2) is 8.90. The molecule has 2 aromatic carbocycles. The molecule has 3 rings (SSSR count). The van der Waals surface area contributed by atoms with Gasteiger partial charge in [0.25, 0.3) is 0 Å². The molecule has 1 aromatic heterocycles. The second-order valence-electron chi connectivity index (χ2n) is 5.95. The normalized spacial score (nSPS) is 10.5. The number of nitrogens with zero attached hydrogens (tertiary/aromatic N) is 2. The molecule has 0 fully saturated rings. The summed E-state index contributed by atoms with van der Waals surface area (Å²) in [7, 11) is 1.52. The van der Waals surface area contributed by atoms with Crippen LogP contribution in [0.3, 0.4) is 0 Å². The van der Waals surface area contributed by atoms with E-state index >= 15 is 0 Å². The van der Waals surface area contributed by atoms with Gasteiger partial charge >= 0.3 is 0 Å². The number of carbonyl (C=O) groups is 2. The Morgan fingerprint density at radius 2 is 1.93 bits per heavy atom. The predicted octanol–water partition coefficient (Wildman–Crippen LogP) is 3.16. The molecular weight excluding hydrogens is 365 g/mol. The van der Waals surface area contributed by atoms with Crippen LogP contribution in [0.2, 0.25) is 0 Å². The summed E-state index contributed by atoms with van der Waals surface area (Å²) in [5, 5.41) is 6.43. The zero-order chi connectivity index (χ0) is 19.9. The smallest absolute Gasteiger partial charge is 0.246 e. The van der Waals surface area contributed by atoms with Gasteiger partial charge in [-0.1, -0.05) is 17.3 Å². The van der Waals surface area contributed by atoms with Gasteiger partial charge in [0.2, 0.25) is 17.6 Å². The third kappa shape index (κ3) is 5.00. The Labute approximate surface area is 160 Å². The van der Waals surface area contributed by atoms with Gasteiger partial charge in [-0.3, -0.25) is 9.59 Å². The van der Waals surface area contributed by atoms with Gasteiger partial charge in [0.1, 0.15) is 11.6 Å². The van der Waals surface area contributed by atoms with Crippen molar-refractivity contribution in [3.8, 4) is 17.1 Å². The Hall–Kier alpha value is -3.55. The van der Waals surface area contributed by atoms with Crippen LogP contribution in [0.4, 0.5) is 4.39 Å². The third-order valence-corrected chi connectivity index (χ3v) is 3.98. The Morgan fingerprint density at radius 1 is 1.14 bits per heavy atom. The maximum Gasteiger partial charge on any atom is 0.246 e. The van der Waals surface area contributed by atoms with E-state index in [2.05, 4.69) is 15.5 Å². The average Bonchev–Trinajstić information content (AvgIpc) is 3.20. The van der Waals surface area contributed by atoms with Crippen LogP contribution in [-0.4, -0.2) is 28.9 Å². The van der Waals surface area contributed by atoms with Crippen LogP contribution < -0.4 is 10.1 Å². The Balaban J connectivity index is 1.48. The molecule has 0 aliphatic carbocycles. The number of benzene rings is 2. The van der Waals surface area contributed by atoms with E-state index in [1.54, 1.807) is 24.3 Å². The number of hydrogen-bond donors (Lipinski definition) is 1. The standard InChI is InChI=1S/C20H18FN3O4/c1-27-16-4-2-3-14(11-16)17(25)9-10-18(26)22-12-19-23-20(24-28-19)13-5-7-15(21)8-6-13/h2-8,11H,9-10,12H2,1H3,(H,22,26). The van der Waals surface area contributed by atoms with Gasteiger partial charge < -0.3 is 14.6 Å². The summed E-state index contributed by atoms with van der Waals surface area (Å²) in [5.74, 6) is 0.291. The van der Waals surface area contributed by atoms with Crippen LogP contribution in [0.1, 0.15) is 29.1 Å². The van der Waals surface area contributed by atoms with Gasteiger partial charge in [-0.05, 0) is 36.4 Å². The van der Waals surface area contributed by atoms with Crippen LogP contribution in [-0.2, 0) is 11.3 Å². The van der Waals surface area contributed by atoms with E-state index in [0.29, 0.717) is 22.7 Å². The van der Waals surface area contributed by atoms with Crippen molar-refractivity contribution in [3.63, 3.8) is 0 Å². The van der Waals surface area contributed by atoms with E-state index in [1.165, 1.54) is 31.4 Å². The first-order valence-electron chi connectivity index (χ1n) is 8.57. The number of rotatable bonds is 8. The molecule has 0 unspecified atom stereocenters. The van der Waals surface area contributed by atoms with Crippen molar-refractivity contribution in [2.75, 3.05) is 7.11 Å². The summed E-state index contributed by atoms with van der Waals surface area (Å²) in [4.78, 5) is 28.3. The minimum Gasteiger partial charge on any atom is -0.497 e. The number of carbonyl (C=O) groups excluding carboxylic acids is 2. The molecule has 0 aliphatic rings. The Bertz CT molecular complexity index is 970. The summed E-state index contributed by atoms with van der Waals surface area (Å²) in [6.45, 7) is 0.0420. The van der Waals surface area contributed by atoms with Crippen molar-refractivity contribution >= 4 is 11.7 Å². The minimum atomic E-state index is -0.358. The average molecular weight is 383 g/mol. The zero-order valence-corrected chi connectivity index (χ0v) is 15.1. The quantitative estimate of drug-likeness (QED) is 0.601. The van der Waals surface area contributed by atoms with Gasteiger partial charge in [-0.15, -0.1) is 0 Å². The van der Waals surface area contributed by atoms with Gasteiger partial charge in [0.05, 0.1) is 13.7 Å². The molecule has 0 saturated heterocycles. The first-order valence-corrected chi connectivity index (χ1v) is 8.57. The topological polar surface area (TPSA) is 94.3 Å². The zero-order valence-electron chi connectivity index (χ0n) is 15.1. The van der Waals surface area contributed by atoms with E-state index in [-0.39, 0.29) is 42.8 Å². The fourth-order valence-electron chi connectivity index (χ4n) is 2.47. The molecule has 0 saturated carbocycles. The molecule has 144 valence electrons. The highest BCUT2D eigenvalue weighted by Crippen LogP contribution is 2.16. The van der Waals surface area contributed by atoms with Crippen LogP contribution in [0.5, 0.6) is 5.75 Å². The lowest BCUT2D eigenvalue weighted by Gasteiger charge is -2.04. The van der Waals surface area contributed by atoms with E-state index in [9.17, 15) is 14.0 Å². The fourth-order valence-corrected chi connectivity index (χ4v) is 2.47. The lowest BCUT2D eigenvalue weighted by Crippen LogP contribution is -2.23. The number of amides is 1. The summed E-state index contributed by atoms with van der Waals surface area (Å²) >= 11 is 0. The van der Waals surface area contributed by atoms with Crippen LogP contribution >= 0.6 is 0 Å². The highest BCUT2D eigenvalue weighted by atomic mass is 19.1. The molecule has 0 spiro atoms. The molecule has 7 nitrogen and oxygen atoms in total. The SMILES string of the molecule is COc1cccc(C(=O)CCC(=O)NCc2nc(-c3ccc(F)cc3)no2)c1. The molecule has 0 bridgehead atoms. The van der Waals surface area contributed by atoms with E-state index in [0.717, 1.165) is 0 Å². The first-order chi connectivity index (χ1) is 13.5. The van der Waals surface area contributed by atoms with Crippen LogP contribution in [0.15, 0.2) is 53.1 Å². The number of ketones is 1. The number of halogens is 1. The third-order valence-electron chi connectivity index (χ3n) is 3.98. The second-order valence-corrected chi connectivity index (χ2v) is 5.95. The van der Waals surface area contributed by atoms with E-state index < -0.39 is 0 Å². The van der Waals surface area contributed by atoms with Crippen molar-refractivity contribution in [1.29, 1.82) is 0 Å². The molecule has 0 aliphatic heterocycles. The Morgan fingerprint density at radius 3 is 2.68 bits per heavy atom. The highest BCUT2D eigenvalue weighted by Gasteiger charge is 2.12. The highest BCUT2D eigenvalue weighted by molar-refractivity contribution is 5.98. The number of nitrogens with one attached hydrogen (secondary N) is 1. The molecule has 0 atom stereocenters. The Kier molecular flexibility index (Phi) is 6.11. The van der Waals surface area contributed by atoms with Crippen LogP contribution in [0.25, 0.3) is 11.4 Å². The number of Topliss-reactive ketones (excluding diaryl/α,β-unsaturated/α-hetero) is 1. The first kappa shape index (κ1) is 19.2. The summed E-state index contributed by atoms with van der Waals surface area (Å²) in [5.41, 5.74) is 1.10. The van der Waals surface area contributed by atoms with E-state index in [1.807, 2.05) is 0 Å². The van der Waals surface area contributed by atoms with Gasteiger partial charge in [-0.2, -0.15) is 4.98 Å². The van der Waals surface area contributed by atoms with Crippen molar-refractivity contribution in [2.45, 2.75) is 19.4 Å². The molecule has 1 heterocycles. The van der Waals surface area contributed by atoms with Gasteiger partial charge in [-0.25, -0.2) is 4.39 Å². The van der Waals surface area contributed by atoms with E-state index in [4.69, 9.17) is 9.26 Å². The van der Waals surface area contributed by atoms with Crippen molar-refractivity contribution in [3.05, 3.63) is 65.8 Å². The van der Waals surface area contributed by atoms with Crippen molar-refractivity contribution < 1.29 is 23.2 Å². The minimum absolute atomic E-state index is 0.0367. The number of ether oxygens (including phenoxy) is 1. The van der Waals surface area contributed by atoms with Gasteiger partial charge in [0.15, 0.2) is 5.78 Å². The monoisotopic (exact) mass is 383 g/mol. The molecule has 8 heteroatoms. The van der Waals surface area contributed by atoms with Crippen molar-refractivity contribution in [1.82, 2.24) is 15.5 Å². The number of methoxy groups -OCH3 is 1. The molecule has 1 amide bonds. The predicted molar refractivity (Wildman–Crippen MR) is 98.1 cm³/mol. The number of hydrogen-bond acceptors (Lipinski definition) is 6. The largest absolute Gasteiger partial charge is 0.497 e. The molecule has 1 N–H and O–H groups in total. The van der Waals surface area contributed by atoms with Crippen LogP contribution in [0, 0.1) is 5.82 Å².